The molecule has 0 radical (unpaired) electrons. The predicted octanol–water partition coefficient (Wildman–Crippen LogP) is 8.42. The minimum absolute atomic E-state index is 0.136. The van der Waals surface area contributed by atoms with Crippen LogP contribution in [0, 0.1) is 0 Å². The van der Waals surface area contributed by atoms with E-state index in [0.717, 1.165) is 38.5 Å². The molecule has 0 aromatic carbocycles. The topological polar surface area (TPSA) is 55.4 Å². The van der Waals surface area contributed by atoms with Crippen molar-refractivity contribution in [2.75, 3.05) is 0 Å². The quantitative estimate of drug-likeness (QED) is 0.212. The average molecular weight is 489 g/mol. The standard InChI is InChI=1S/C14H28O4.C14H28O2/c1-12(2,3)15-17-14(10-8-7-9-11-14)18-16-13(4,5)6;1-12(2,3)15-14(16-13(4,5)6)10-8-7-9-11-14/h7-11H2,1-6H3;7-11H2,1-6H3. The molecule has 2 aliphatic rings. The van der Waals surface area contributed by atoms with Crippen LogP contribution in [-0.2, 0) is 29.0 Å². The van der Waals surface area contributed by atoms with Crippen molar-refractivity contribution in [3.63, 3.8) is 0 Å². The Bertz CT molecular complexity index is 524. The van der Waals surface area contributed by atoms with Gasteiger partial charge in [-0.15, -0.1) is 0 Å². The van der Waals surface area contributed by atoms with Gasteiger partial charge in [-0.2, -0.15) is 9.78 Å². The molecule has 2 rings (SSSR count). The highest BCUT2D eigenvalue weighted by Crippen LogP contribution is 2.39. The molecule has 0 spiro atoms. The lowest BCUT2D eigenvalue weighted by Gasteiger charge is -2.45. The van der Waals surface area contributed by atoms with Crippen LogP contribution in [0.1, 0.15) is 147 Å². The molecule has 0 atom stereocenters. The fourth-order valence-electron chi connectivity index (χ4n) is 4.10. The van der Waals surface area contributed by atoms with Gasteiger partial charge in [0, 0.05) is 25.7 Å². The Balaban J connectivity index is 0.000000342. The lowest BCUT2D eigenvalue weighted by molar-refractivity contribution is -0.545. The van der Waals surface area contributed by atoms with Gasteiger partial charge in [0.2, 0.25) is 5.79 Å². The second-order valence-electron chi connectivity index (χ2n) is 13.9. The Morgan fingerprint density at radius 2 is 0.676 bits per heavy atom. The molecule has 0 N–H and O–H groups in total. The van der Waals surface area contributed by atoms with Crippen LogP contribution in [-0.4, -0.2) is 34.0 Å². The SMILES string of the molecule is CC(C)(C)OC1(OC(C)(C)C)CCCCC1.CC(C)(C)OOC1(OOC(C)(C)C)CCCCC1. The molecule has 2 fully saturated rings. The first-order valence-electron chi connectivity index (χ1n) is 13.4. The Kier molecular flexibility index (Phi) is 11.5. The summed E-state index contributed by atoms with van der Waals surface area (Å²) in [4.78, 5) is 22.0. The second-order valence-corrected chi connectivity index (χ2v) is 13.9. The van der Waals surface area contributed by atoms with Crippen LogP contribution in [0.15, 0.2) is 0 Å². The van der Waals surface area contributed by atoms with Crippen LogP contribution < -0.4 is 0 Å². The van der Waals surface area contributed by atoms with Gasteiger partial charge in [0.05, 0.1) is 22.4 Å². The highest BCUT2D eigenvalue weighted by molar-refractivity contribution is 4.82. The lowest BCUT2D eigenvalue weighted by Crippen LogP contribution is -2.48. The zero-order chi connectivity index (χ0) is 26.3. The van der Waals surface area contributed by atoms with Crippen molar-refractivity contribution in [3.8, 4) is 0 Å². The summed E-state index contributed by atoms with van der Waals surface area (Å²) in [5, 5.41) is 0. The van der Waals surface area contributed by atoms with E-state index in [2.05, 4.69) is 41.5 Å². The van der Waals surface area contributed by atoms with Gasteiger partial charge in [-0.1, -0.05) is 12.8 Å². The van der Waals surface area contributed by atoms with Gasteiger partial charge in [0.25, 0.3) is 0 Å². The summed E-state index contributed by atoms with van der Waals surface area (Å²) in [6.45, 7) is 24.4. The maximum Gasteiger partial charge on any atom is 0.234 e. The van der Waals surface area contributed by atoms with Gasteiger partial charge in [-0.25, -0.2) is 9.78 Å². The van der Waals surface area contributed by atoms with Gasteiger partial charge in [-0.3, -0.25) is 0 Å². The van der Waals surface area contributed by atoms with Gasteiger partial charge < -0.3 is 9.47 Å². The van der Waals surface area contributed by atoms with Gasteiger partial charge in [0.15, 0.2) is 5.79 Å². The average Bonchev–Trinajstić information content (AvgIpc) is 2.63. The third kappa shape index (κ3) is 14.4. The van der Waals surface area contributed by atoms with E-state index in [9.17, 15) is 0 Å². The van der Waals surface area contributed by atoms with Crippen molar-refractivity contribution in [2.24, 2.45) is 0 Å². The maximum absolute atomic E-state index is 6.22. The Morgan fingerprint density at radius 3 is 0.941 bits per heavy atom. The predicted molar refractivity (Wildman–Crippen MR) is 137 cm³/mol. The van der Waals surface area contributed by atoms with Crippen LogP contribution in [0.25, 0.3) is 0 Å². The smallest absolute Gasteiger partial charge is 0.234 e. The number of hydrogen-bond acceptors (Lipinski definition) is 6. The second kappa shape index (κ2) is 12.3. The number of hydrogen-bond donors (Lipinski definition) is 0. The first-order valence-corrected chi connectivity index (χ1v) is 13.4. The molecule has 204 valence electrons. The van der Waals surface area contributed by atoms with Crippen LogP contribution in [0.4, 0.5) is 0 Å². The summed E-state index contributed by atoms with van der Waals surface area (Å²) in [5.41, 5.74) is -0.976. The van der Waals surface area contributed by atoms with Crippen molar-refractivity contribution in [1.82, 2.24) is 0 Å². The van der Waals surface area contributed by atoms with E-state index < -0.39 is 5.79 Å². The summed E-state index contributed by atoms with van der Waals surface area (Å²) >= 11 is 0. The summed E-state index contributed by atoms with van der Waals surface area (Å²) in [6.07, 6.45) is 10.8. The molecule has 6 nitrogen and oxygen atoms in total. The van der Waals surface area contributed by atoms with Crippen LogP contribution in [0.3, 0.4) is 0 Å². The van der Waals surface area contributed by atoms with E-state index in [-0.39, 0.29) is 28.2 Å². The minimum atomic E-state index is -0.751. The van der Waals surface area contributed by atoms with Gasteiger partial charge in [0.1, 0.15) is 0 Å². The molecule has 0 saturated heterocycles. The van der Waals surface area contributed by atoms with E-state index in [1.807, 2.05) is 41.5 Å². The molecule has 0 aliphatic heterocycles. The largest absolute Gasteiger partial charge is 0.344 e. The zero-order valence-corrected chi connectivity index (χ0v) is 24.5. The monoisotopic (exact) mass is 488 g/mol. The molecule has 2 saturated carbocycles. The molecule has 0 aromatic heterocycles. The molecule has 0 heterocycles. The molecule has 2 aliphatic carbocycles. The van der Waals surface area contributed by atoms with Gasteiger partial charge in [-0.05, 0) is 109 Å². The first-order chi connectivity index (χ1) is 15.2. The maximum atomic E-state index is 6.22. The number of ether oxygens (including phenoxy) is 2. The van der Waals surface area contributed by atoms with Crippen molar-refractivity contribution in [3.05, 3.63) is 0 Å². The molecule has 34 heavy (non-hydrogen) atoms. The fraction of sp³-hybridized carbons (Fsp3) is 1.00. The molecule has 0 amide bonds. The third-order valence-electron chi connectivity index (χ3n) is 5.10. The summed E-state index contributed by atoms with van der Waals surface area (Å²) < 4.78 is 12.4. The molecule has 0 bridgehead atoms. The van der Waals surface area contributed by atoms with Crippen molar-refractivity contribution in [1.29, 1.82) is 0 Å². The van der Waals surface area contributed by atoms with Crippen LogP contribution in [0.2, 0.25) is 0 Å². The van der Waals surface area contributed by atoms with Crippen molar-refractivity contribution in [2.45, 2.75) is 181 Å². The molecular formula is C28H56O6. The van der Waals surface area contributed by atoms with E-state index in [1.165, 1.54) is 25.7 Å². The Labute approximate surface area is 210 Å². The van der Waals surface area contributed by atoms with Crippen molar-refractivity contribution < 1.29 is 29.0 Å². The molecule has 6 heteroatoms. The van der Waals surface area contributed by atoms with Crippen molar-refractivity contribution >= 4 is 0 Å². The van der Waals surface area contributed by atoms with E-state index in [1.54, 1.807) is 0 Å². The van der Waals surface area contributed by atoms with E-state index in [0.29, 0.717) is 0 Å². The number of rotatable bonds is 6. The zero-order valence-electron chi connectivity index (χ0n) is 24.5. The Morgan fingerprint density at radius 1 is 0.382 bits per heavy atom. The lowest BCUT2D eigenvalue weighted by atomic mass is 9.92. The highest BCUT2D eigenvalue weighted by Gasteiger charge is 2.41. The summed E-state index contributed by atoms with van der Waals surface area (Å²) in [6, 6.07) is 0. The summed E-state index contributed by atoms with van der Waals surface area (Å²) in [7, 11) is 0. The third-order valence-corrected chi connectivity index (χ3v) is 5.10. The molecule has 0 unspecified atom stereocenters. The Hall–Kier alpha value is -0.240. The van der Waals surface area contributed by atoms with Crippen LogP contribution in [0.5, 0.6) is 0 Å². The minimum Gasteiger partial charge on any atom is -0.344 e. The van der Waals surface area contributed by atoms with Crippen LogP contribution >= 0.6 is 0 Å². The fourth-order valence-corrected chi connectivity index (χ4v) is 4.10. The summed E-state index contributed by atoms with van der Waals surface area (Å²) in [5.74, 6) is -1.10. The van der Waals surface area contributed by atoms with E-state index >= 15 is 0 Å². The first kappa shape index (κ1) is 31.8. The van der Waals surface area contributed by atoms with Gasteiger partial charge >= 0.3 is 0 Å². The molecular weight excluding hydrogens is 432 g/mol. The van der Waals surface area contributed by atoms with E-state index in [4.69, 9.17) is 29.0 Å². The molecule has 0 aromatic rings. The highest BCUT2D eigenvalue weighted by atomic mass is 17.3. The normalized spacial score (nSPS) is 21.5.